The van der Waals surface area contributed by atoms with Crippen molar-refractivity contribution >= 4 is 17.9 Å². The summed E-state index contributed by atoms with van der Waals surface area (Å²) < 4.78 is 16.0. The van der Waals surface area contributed by atoms with Gasteiger partial charge in [-0.1, -0.05) is 33.1 Å². The number of ether oxygens (including phenoxy) is 3. The third-order valence-corrected chi connectivity index (χ3v) is 4.44. The Labute approximate surface area is 156 Å². The Balaban J connectivity index is 2.47. The Bertz CT molecular complexity index is 428. The van der Waals surface area contributed by atoms with E-state index < -0.39 is 12.1 Å². The Hall–Kier alpha value is -1.59. The number of esters is 3. The molecule has 0 saturated heterocycles. The van der Waals surface area contributed by atoms with Crippen LogP contribution < -0.4 is 0 Å². The summed E-state index contributed by atoms with van der Waals surface area (Å²) in [6, 6.07) is 0. The third-order valence-electron chi connectivity index (χ3n) is 4.44. The number of rotatable bonds is 12. The van der Waals surface area contributed by atoms with Crippen LogP contribution in [0.2, 0.25) is 0 Å². The van der Waals surface area contributed by atoms with E-state index in [0.29, 0.717) is 12.8 Å². The summed E-state index contributed by atoms with van der Waals surface area (Å²) in [6.45, 7) is 3.88. The Morgan fingerprint density at radius 1 is 0.885 bits per heavy atom. The molecule has 0 radical (unpaired) electrons. The minimum Gasteiger partial charge on any atom is -0.462 e. The molecule has 0 heterocycles. The van der Waals surface area contributed by atoms with Crippen molar-refractivity contribution in [2.24, 2.45) is 0 Å². The van der Waals surface area contributed by atoms with Crippen molar-refractivity contribution in [3.8, 4) is 0 Å². The zero-order valence-corrected chi connectivity index (χ0v) is 16.3. The fourth-order valence-corrected chi connectivity index (χ4v) is 2.88. The van der Waals surface area contributed by atoms with Crippen molar-refractivity contribution in [1.29, 1.82) is 0 Å². The van der Waals surface area contributed by atoms with Crippen LogP contribution in [-0.2, 0) is 28.6 Å². The summed E-state index contributed by atoms with van der Waals surface area (Å²) in [5.41, 5.74) is 0. The van der Waals surface area contributed by atoms with Crippen molar-refractivity contribution in [2.75, 3.05) is 6.61 Å². The van der Waals surface area contributed by atoms with Gasteiger partial charge in [0.2, 0.25) is 0 Å². The second kappa shape index (κ2) is 13.6. The number of hydrogen-bond donors (Lipinski definition) is 0. The lowest BCUT2D eigenvalue weighted by Crippen LogP contribution is -2.30. The van der Waals surface area contributed by atoms with Crippen LogP contribution >= 0.6 is 0 Å². The van der Waals surface area contributed by atoms with Gasteiger partial charge in [-0.2, -0.15) is 0 Å². The van der Waals surface area contributed by atoms with Crippen molar-refractivity contribution in [1.82, 2.24) is 0 Å². The summed E-state index contributed by atoms with van der Waals surface area (Å²) in [6.07, 6.45) is 8.11. The number of carbonyl (C=O) groups excluding carboxylic acids is 3. The fourth-order valence-electron chi connectivity index (χ4n) is 2.88. The normalized spacial score (nSPS) is 15.9. The Kier molecular flexibility index (Phi) is 11.7. The summed E-state index contributed by atoms with van der Waals surface area (Å²) >= 11 is 0. The van der Waals surface area contributed by atoms with Crippen LogP contribution in [0.4, 0.5) is 0 Å². The van der Waals surface area contributed by atoms with Crippen molar-refractivity contribution in [3.63, 3.8) is 0 Å². The van der Waals surface area contributed by atoms with Crippen LogP contribution in [0.1, 0.15) is 90.9 Å². The lowest BCUT2D eigenvalue weighted by Gasteiger charge is -2.23. The van der Waals surface area contributed by atoms with Crippen LogP contribution in [0.25, 0.3) is 0 Å². The highest BCUT2D eigenvalue weighted by atomic mass is 16.6. The molecule has 1 unspecified atom stereocenters. The molecule has 6 nitrogen and oxygen atoms in total. The minimum atomic E-state index is -0.777. The maximum atomic E-state index is 12.2. The van der Waals surface area contributed by atoms with Gasteiger partial charge in [0.1, 0.15) is 18.8 Å². The zero-order chi connectivity index (χ0) is 19.2. The highest BCUT2D eigenvalue weighted by Crippen LogP contribution is 2.21. The maximum Gasteiger partial charge on any atom is 0.309 e. The highest BCUT2D eigenvalue weighted by molar-refractivity contribution is 5.73. The van der Waals surface area contributed by atoms with E-state index >= 15 is 0 Å². The predicted octanol–water partition coefficient (Wildman–Crippen LogP) is 4.09. The average Bonchev–Trinajstić information content (AvgIpc) is 2.63. The first kappa shape index (κ1) is 22.5. The first-order valence-corrected chi connectivity index (χ1v) is 10.1. The first-order chi connectivity index (χ1) is 12.5. The summed E-state index contributed by atoms with van der Waals surface area (Å²) in [7, 11) is 0. The second-order valence-electron chi connectivity index (χ2n) is 6.96. The molecule has 1 aliphatic carbocycles. The van der Waals surface area contributed by atoms with Gasteiger partial charge in [-0.05, 0) is 38.5 Å². The van der Waals surface area contributed by atoms with Gasteiger partial charge in [0.15, 0.2) is 0 Å². The van der Waals surface area contributed by atoms with Crippen LogP contribution in [-0.4, -0.2) is 36.7 Å². The molecule has 1 aliphatic rings. The molecule has 0 amide bonds. The monoisotopic (exact) mass is 370 g/mol. The maximum absolute atomic E-state index is 12.2. The van der Waals surface area contributed by atoms with E-state index in [0.717, 1.165) is 51.4 Å². The predicted molar refractivity (Wildman–Crippen MR) is 97.5 cm³/mol. The number of carbonyl (C=O) groups is 3. The van der Waals surface area contributed by atoms with Gasteiger partial charge >= 0.3 is 17.9 Å². The van der Waals surface area contributed by atoms with Crippen LogP contribution in [0.15, 0.2) is 0 Å². The lowest BCUT2D eigenvalue weighted by molar-refractivity contribution is -0.166. The van der Waals surface area contributed by atoms with Crippen LogP contribution in [0.5, 0.6) is 0 Å². The quantitative estimate of drug-likeness (QED) is 0.380. The topological polar surface area (TPSA) is 78.9 Å². The largest absolute Gasteiger partial charge is 0.462 e. The lowest BCUT2D eigenvalue weighted by atomic mass is 9.98. The molecule has 150 valence electrons. The molecule has 0 aliphatic heterocycles. The molecule has 1 fully saturated rings. The third kappa shape index (κ3) is 10.4. The minimum absolute atomic E-state index is 0.0419. The number of unbranched alkanes of at least 4 members (excludes halogenated alkanes) is 2. The van der Waals surface area contributed by atoms with Gasteiger partial charge in [0.25, 0.3) is 0 Å². The molecule has 0 aromatic heterocycles. The average molecular weight is 370 g/mol. The standard InChI is InChI=1S/C20H34O6/c1-3-5-12-18(21)24-15-17(26-19(22)13-6-4-2)14-20(23)25-16-10-8-7-9-11-16/h16-17H,3-15H2,1-2H3. The fraction of sp³-hybridized carbons (Fsp3) is 0.850. The van der Waals surface area contributed by atoms with Gasteiger partial charge in [0.05, 0.1) is 6.42 Å². The summed E-state index contributed by atoms with van der Waals surface area (Å²) in [5.74, 6) is -1.09. The molecule has 0 spiro atoms. The zero-order valence-electron chi connectivity index (χ0n) is 16.3. The van der Waals surface area contributed by atoms with E-state index in [1.165, 1.54) is 6.42 Å². The highest BCUT2D eigenvalue weighted by Gasteiger charge is 2.24. The SMILES string of the molecule is CCCCC(=O)OCC(CC(=O)OC1CCCCC1)OC(=O)CCCC. The molecule has 0 aromatic carbocycles. The van der Waals surface area contributed by atoms with Gasteiger partial charge < -0.3 is 14.2 Å². The van der Waals surface area contributed by atoms with E-state index in [1.54, 1.807) is 0 Å². The summed E-state index contributed by atoms with van der Waals surface area (Å²) in [5, 5.41) is 0. The Morgan fingerprint density at radius 2 is 1.50 bits per heavy atom. The van der Waals surface area contributed by atoms with Gasteiger partial charge in [-0.3, -0.25) is 14.4 Å². The van der Waals surface area contributed by atoms with E-state index in [-0.39, 0.29) is 31.1 Å². The molecule has 26 heavy (non-hydrogen) atoms. The molecule has 0 bridgehead atoms. The van der Waals surface area contributed by atoms with Gasteiger partial charge in [-0.25, -0.2) is 0 Å². The van der Waals surface area contributed by atoms with E-state index in [1.807, 2.05) is 13.8 Å². The second-order valence-corrected chi connectivity index (χ2v) is 6.96. The molecule has 1 rings (SSSR count). The van der Waals surface area contributed by atoms with Crippen molar-refractivity contribution < 1.29 is 28.6 Å². The first-order valence-electron chi connectivity index (χ1n) is 10.1. The van der Waals surface area contributed by atoms with E-state index in [2.05, 4.69) is 0 Å². The molecule has 1 saturated carbocycles. The smallest absolute Gasteiger partial charge is 0.309 e. The van der Waals surface area contributed by atoms with Crippen LogP contribution in [0, 0.1) is 0 Å². The van der Waals surface area contributed by atoms with Gasteiger partial charge in [-0.15, -0.1) is 0 Å². The molecular formula is C20H34O6. The Morgan fingerprint density at radius 3 is 2.12 bits per heavy atom. The molecule has 0 N–H and O–H groups in total. The van der Waals surface area contributed by atoms with E-state index in [4.69, 9.17) is 14.2 Å². The van der Waals surface area contributed by atoms with Gasteiger partial charge in [0, 0.05) is 12.8 Å². The molecule has 0 aromatic rings. The molecular weight excluding hydrogens is 336 g/mol. The molecule has 1 atom stereocenters. The van der Waals surface area contributed by atoms with E-state index in [9.17, 15) is 14.4 Å². The van der Waals surface area contributed by atoms with Crippen molar-refractivity contribution in [2.45, 2.75) is 103 Å². The molecule has 6 heteroatoms. The number of hydrogen-bond acceptors (Lipinski definition) is 6. The van der Waals surface area contributed by atoms with Crippen molar-refractivity contribution in [3.05, 3.63) is 0 Å². The summed E-state index contributed by atoms with van der Waals surface area (Å²) in [4.78, 5) is 35.8. The van der Waals surface area contributed by atoms with Crippen LogP contribution in [0.3, 0.4) is 0 Å².